The number of aryl methyl sites for hydroxylation is 1. The number of fused-ring (bicyclic) bond motifs is 3. The molecule has 2 aromatic rings. The fourth-order valence-electron chi connectivity index (χ4n) is 4.07. The second-order valence-corrected chi connectivity index (χ2v) is 6.93. The van der Waals surface area contributed by atoms with E-state index in [4.69, 9.17) is 4.74 Å². The highest BCUT2D eigenvalue weighted by Crippen LogP contribution is 2.53. The van der Waals surface area contributed by atoms with Gasteiger partial charge in [-0.25, -0.2) is 0 Å². The lowest BCUT2D eigenvalue weighted by Gasteiger charge is -2.43. The summed E-state index contributed by atoms with van der Waals surface area (Å²) in [6.45, 7) is 6.31. The van der Waals surface area contributed by atoms with Gasteiger partial charge in [0.25, 0.3) is 0 Å². The highest BCUT2D eigenvalue weighted by Gasteiger charge is 2.41. The molecule has 2 heteroatoms. The number of hydrogen-bond acceptors (Lipinski definition) is 2. The standard InChI is InChI=1S/C21H22O2/c1-13-3-6-15(7-4-13)21-17-9-5-14(2)11-18(17)19-12-16(22)8-10-20(19)23-21/h3-4,6-8,10,12,17-18,21-22H,2,5,9,11H2,1H3/t17-,18+,21-/m1/s1. The second kappa shape index (κ2) is 5.45. The third-order valence-corrected chi connectivity index (χ3v) is 5.30. The molecule has 0 radical (unpaired) electrons. The van der Waals surface area contributed by atoms with E-state index in [1.165, 1.54) is 16.7 Å². The summed E-state index contributed by atoms with van der Waals surface area (Å²) in [7, 11) is 0. The van der Waals surface area contributed by atoms with E-state index in [0.29, 0.717) is 17.6 Å². The van der Waals surface area contributed by atoms with Crippen molar-refractivity contribution >= 4 is 0 Å². The van der Waals surface area contributed by atoms with Gasteiger partial charge in [-0.3, -0.25) is 0 Å². The largest absolute Gasteiger partial charge is 0.508 e. The first-order valence-corrected chi connectivity index (χ1v) is 8.34. The van der Waals surface area contributed by atoms with Gasteiger partial charge in [0.05, 0.1) is 0 Å². The number of hydrogen-bond donors (Lipinski definition) is 1. The third-order valence-electron chi connectivity index (χ3n) is 5.30. The van der Waals surface area contributed by atoms with Crippen LogP contribution in [-0.4, -0.2) is 5.11 Å². The highest BCUT2D eigenvalue weighted by atomic mass is 16.5. The summed E-state index contributed by atoms with van der Waals surface area (Å²) in [6.07, 6.45) is 3.25. The SMILES string of the molecule is C=C1CC[C@@H]2[C@H](C1)c1cc(O)ccc1O[C@@H]2c1ccc(C)cc1. The maximum Gasteiger partial charge on any atom is 0.127 e. The minimum absolute atomic E-state index is 0.0887. The van der Waals surface area contributed by atoms with Crippen molar-refractivity contribution in [2.24, 2.45) is 5.92 Å². The number of phenolic OH excluding ortho intramolecular Hbond substituents is 1. The average Bonchev–Trinajstić information content (AvgIpc) is 2.55. The van der Waals surface area contributed by atoms with Crippen LogP contribution >= 0.6 is 0 Å². The summed E-state index contributed by atoms with van der Waals surface area (Å²) < 4.78 is 6.38. The van der Waals surface area contributed by atoms with Crippen molar-refractivity contribution < 1.29 is 9.84 Å². The van der Waals surface area contributed by atoms with Crippen molar-refractivity contribution in [1.29, 1.82) is 0 Å². The second-order valence-electron chi connectivity index (χ2n) is 6.93. The number of aromatic hydroxyl groups is 1. The van der Waals surface area contributed by atoms with Gasteiger partial charge in [0.15, 0.2) is 0 Å². The summed E-state index contributed by atoms with van der Waals surface area (Å²) in [5, 5.41) is 9.88. The molecule has 1 aliphatic carbocycles. The van der Waals surface area contributed by atoms with Crippen LogP contribution in [-0.2, 0) is 0 Å². The zero-order valence-electron chi connectivity index (χ0n) is 13.5. The van der Waals surface area contributed by atoms with E-state index in [1.807, 2.05) is 12.1 Å². The highest BCUT2D eigenvalue weighted by molar-refractivity contribution is 5.46. The van der Waals surface area contributed by atoms with Gasteiger partial charge in [0, 0.05) is 11.5 Å². The molecule has 0 amide bonds. The first-order valence-electron chi connectivity index (χ1n) is 8.34. The fraction of sp³-hybridized carbons (Fsp3) is 0.333. The Bertz CT molecular complexity index is 745. The van der Waals surface area contributed by atoms with E-state index in [1.54, 1.807) is 6.07 Å². The molecule has 1 saturated carbocycles. The predicted molar refractivity (Wildman–Crippen MR) is 91.9 cm³/mol. The van der Waals surface area contributed by atoms with E-state index < -0.39 is 0 Å². The Balaban J connectivity index is 1.78. The van der Waals surface area contributed by atoms with Crippen LogP contribution in [0.2, 0.25) is 0 Å². The van der Waals surface area contributed by atoms with Crippen LogP contribution in [0.15, 0.2) is 54.6 Å². The minimum atomic E-state index is 0.0887. The van der Waals surface area contributed by atoms with Crippen LogP contribution in [0, 0.1) is 12.8 Å². The fourth-order valence-corrected chi connectivity index (χ4v) is 4.07. The van der Waals surface area contributed by atoms with Gasteiger partial charge in [-0.05, 0) is 55.9 Å². The Labute approximate surface area is 137 Å². The van der Waals surface area contributed by atoms with Crippen molar-refractivity contribution in [3.8, 4) is 11.5 Å². The maximum absolute atomic E-state index is 9.88. The monoisotopic (exact) mass is 306 g/mol. The lowest BCUT2D eigenvalue weighted by molar-refractivity contribution is 0.0772. The quantitative estimate of drug-likeness (QED) is 0.727. The number of benzene rings is 2. The minimum Gasteiger partial charge on any atom is -0.508 e. The van der Waals surface area contributed by atoms with Crippen LogP contribution in [0.3, 0.4) is 0 Å². The Morgan fingerprint density at radius 3 is 2.70 bits per heavy atom. The molecule has 1 fully saturated rings. The molecule has 23 heavy (non-hydrogen) atoms. The average molecular weight is 306 g/mol. The molecule has 0 saturated heterocycles. The van der Waals surface area contributed by atoms with E-state index in [2.05, 4.69) is 37.8 Å². The molecular formula is C21H22O2. The number of ether oxygens (including phenoxy) is 1. The van der Waals surface area contributed by atoms with Crippen LogP contribution < -0.4 is 4.74 Å². The summed E-state index contributed by atoms with van der Waals surface area (Å²) in [5.41, 5.74) is 4.96. The van der Waals surface area contributed by atoms with Crippen molar-refractivity contribution in [2.75, 3.05) is 0 Å². The molecule has 4 rings (SSSR count). The van der Waals surface area contributed by atoms with E-state index in [0.717, 1.165) is 30.6 Å². The molecule has 1 heterocycles. The van der Waals surface area contributed by atoms with Gasteiger partial charge < -0.3 is 9.84 Å². The molecule has 1 N–H and O–H groups in total. The van der Waals surface area contributed by atoms with Crippen LogP contribution in [0.1, 0.15) is 48.0 Å². The number of phenols is 1. The Hall–Kier alpha value is -2.22. The third kappa shape index (κ3) is 2.52. The van der Waals surface area contributed by atoms with Crippen molar-refractivity contribution in [2.45, 2.75) is 38.2 Å². The molecule has 1 aliphatic heterocycles. The van der Waals surface area contributed by atoms with Gasteiger partial charge in [-0.15, -0.1) is 0 Å². The molecule has 0 bridgehead atoms. The molecule has 0 unspecified atom stereocenters. The number of allylic oxidation sites excluding steroid dienone is 1. The normalized spacial score (nSPS) is 26.1. The molecule has 3 atom stereocenters. The Morgan fingerprint density at radius 1 is 1.13 bits per heavy atom. The summed E-state index contributed by atoms with van der Waals surface area (Å²) in [4.78, 5) is 0. The maximum atomic E-state index is 9.88. The predicted octanol–water partition coefficient (Wildman–Crippen LogP) is 5.27. The van der Waals surface area contributed by atoms with Crippen molar-refractivity contribution in [3.05, 3.63) is 71.3 Å². The van der Waals surface area contributed by atoms with E-state index in [-0.39, 0.29) is 6.10 Å². The smallest absolute Gasteiger partial charge is 0.127 e. The molecule has 0 aromatic heterocycles. The zero-order valence-corrected chi connectivity index (χ0v) is 13.5. The molecule has 2 nitrogen and oxygen atoms in total. The van der Waals surface area contributed by atoms with Gasteiger partial charge in [0.2, 0.25) is 0 Å². The summed E-state index contributed by atoms with van der Waals surface area (Å²) >= 11 is 0. The van der Waals surface area contributed by atoms with Crippen LogP contribution in [0.25, 0.3) is 0 Å². The Kier molecular flexibility index (Phi) is 3.41. The van der Waals surface area contributed by atoms with Gasteiger partial charge in [-0.1, -0.05) is 42.0 Å². The summed E-state index contributed by atoms with van der Waals surface area (Å²) in [6, 6.07) is 14.2. The zero-order chi connectivity index (χ0) is 16.0. The molecule has 2 aliphatic rings. The molecule has 118 valence electrons. The van der Waals surface area contributed by atoms with Gasteiger partial charge >= 0.3 is 0 Å². The Morgan fingerprint density at radius 2 is 1.91 bits per heavy atom. The topological polar surface area (TPSA) is 29.5 Å². The van der Waals surface area contributed by atoms with Gasteiger partial charge in [0.1, 0.15) is 17.6 Å². The summed E-state index contributed by atoms with van der Waals surface area (Å²) in [5.74, 6) is 2.05. The van der Waals surface area contributed by atoms with Crippen LogP contribution in [0.4, 0.5) is 0 Å². The van der Waals surface area contributed by atoms with Gasteiger partial charge in [-0.2, -0.15) is 0 Å². The lowest BCUT2D eigenvalue weighted by atomic mass is 9.68. The van der Waals surface area contributed by atoms with Crippen molar-refractivity contribution in [3.63, 3.8) is 0 Å². The van der Waals surface area contributed by atoms with E-state index >= 15 is 0 Å². The lowest BCUT2D eigenvalue weighted by Crippen LogP contribution is -2.32. The number of rotatable bonds is 1. The first-order chi connectivity index (χ1) is 11.1. The molecule has 2 aromatic carbocycles. The molecule has 0 spiro atoms. The molecular weight excluding hydrogens is 284 g/mol. The first kappa shape index (κ1) is 14.4. The van der Waals surface area contributed by atoms with Crippen molar-refractivity contribution in [1.82, 2.24) is 0 Å². The van der Waals surface area contributed by atoms with E-state index in [9.17, 15) is 5.11 Å². The van der Waals surface area contributed by atoms with Crippen LogP contribution in [0.5, 0.6) is 11.5 Å².